The summed E-state index contributed by atoms with van der Waals surface area (Å²) in [6, 6.07) is 8.41. The van der Waals surface area contributed by atoms with E-state index in [9.17, 15) is 4.79 Å². The molecule has 0 radical (unpaired) electrons. The molecule has 100 valence electrons. The normalized spacial score (nSPS) is 16.7. The average Bonchev–Trinajstić information content (AvgIpc) is 3.16. The van der Waals surface area contributed by atoms with Crippen molar-refractivity contribution in [3.63, 3.8) is 0 Å². The van der Waals surface area contributed by atoms with E-state index in [0.29, 0.717) is 12.0 Å². The van der Waals surface area contributed by atoms with Gasteiger partial charge in [-0.05, 0) is 37.8 Å². The number of thioether (sulfide) groups is 1. The van der Waals surface area contributed by atoms with Gasteiger partial charge in [-0.1, -0.05) is 23.9 Å². The minimum absolute atomic E-state index is 0.0563. The van der Waals surface area contributed by atoms with Crippen LogP contribution in [0.25, 0.3) is 11.0 Å². The molecule has 1 aromatic heterocycles. The van der Waals surface area contributed by atoms with Crippen molar-refractivity contribution in [3.8, 4) is 0 Å². The Hall–Kier alpha value is -1.49. The third-order valence-corrected chi connectivity index (χ3v) is 4.54. The molecule has 5 heteroatoms. The molecule has 2 aromatic rings. The van der Waals surface area contributed by atoms with E-state index in [1.807, 2.05) is 18.2 Å². The maximum absolute atomic E-state index is 10.8. The lowest BCUT2D eigenvalue weighted by Gasteiger charge is -2.16. The van der Waals surface area contributed by atoms with Gasteiger partial charge < -0.3 is 9.67 Å². The Bertz CT molecular complexity index is 619. The van der Waals surface area contributed by atoms with Gasteiger partial charge in [0, 0.05) is 6.04 Å². The number of carboxylic acids is 1. The minimum Gasteiger partial charge on any atom is -0.481 e. The average molecular weight is 276 g/mol. The molecule has 4 nitrogen and oxygen atoms in total. The standard InChI is InChI=1S/C14H16N2O2S/c1-9(10-6-7-10)16-12-5-3-2-4-11(12)15-14(16)19-8-13(17)18/h2-5,9-10H,6-8H2,1H3,(H,17,18). The topological polar surface area (TPSA) is 55.1 Å². The molecule has 1 saturated carbocycles. The van der Waals surface area contributed by atoms with Crippen LogP contribution >= 0.6 is 11.8 Å². The van der Waals surface area contributed by atoms with Gasteiger partial charge in [-0.25, -0.2) is 4.98 Å². The SMILES string of the molecule is CC(C1CC1)n1c(SCC(=O)O)nc2ccccc21. The number of fused-ring (bicyclic) bond motifs is 1. The third kappa shape index (κ3) is 2.47. The van der Waals surface area contributed by atoms with Crippen LogP contribution in [-0.4, -0.2) is 26.4 Å². The van der Waals surface area contributed by atoms with Crippen LogP contribution in [-0.2, 0) is 4.79 Å². The van der Waals surface area contributed by atoms with Crippen LogP contribution in [0.3, 0.4) is 0 Å². The number of benzene rings is 1. The highest BCUT2D eigenvalue weighted by Gasteiger charge is 2.31. The summed E-state index contributed by atoms with van der Waals surface area (Å²) in [6.07, 6.45) is 2.52. The van der Waals surface area contributed by atoms with E-state index in [0.717, 1.165) is 16.2 Å². The second-order valence-electron chi connectivity index (χ2n) is 5.01. The maximum atomic E-state index is 10.8. The van der Waals surface area contributed by atoms with E-state index < -0.39 is 5.97 Å². The number of aliphatic carboxylic acids is 1. The molecule has 1 aliphatic carbocycles. The van der Waals surface area contributed by atoms with E-state index in [1.54, 1.807) is 0 Å². The monoisotopic (exact) mass is 276 g/mol. The van der Waals surface area contributed by atoms with Crippen LogP contribution in [0.15, 0.2) is 29.4 Å². The fourth-order valence-corrected chi connectivity index (χ4v) is 3.25. The Morgan fingerprint density at radius 2 is 2.26 bits per heavy atom. The van der Waals surface area contributed by atoms with Crippen molar-refractivity contribution >= 4 is 28.8 Å². The van der Waals surface area contributed by atoms with Crippen LogP contribution in [0.4, 0.5) is 0 Å². The van der Waals surface area contributed by atoms with Crippen LogP contribution in [0.2, 0.25) is 0 Å². The van der Waals surface area contributed by atoms with Crippen molar-refractivity contribution in [2.24, 2.45) is 5.92 Å². The quantitative estimate of drug-likeness (QED) is 0.852. The summed E-state index contributed by atoms with van der Waals surface area (Å²) in [7, 11) is 0. The van der Waals surface area contributed by atoms with E-state index in [2.05, 4.69) is 22.5 Å². The van der Waals surface area contributed by atoms with E-state index >= 15 is 0 Å². The summed E-state index contributed by atoms with van der Waals surface area (Å²) in [5, 5.41) is 9.67. The predicted octanol–water partition coefficient (Wildman–Crippen LogP) is 3.18. The summed E-state index contributed by atoms with van der Waals surface area (Å²) in [5.41, 5.74) is 2.05. The number of imidazole rings is 1. The van der Waals surface area contributed by atoms with Gasteiger partial charge in [0.2, 0.25) is 0 Å². The summed E-state index contributed by atoms with van der Waals surface area (Å²) < 4.78 is 2.21. The lowest BCUT2D eigenvalue weighted by atomic mass is 10.2. The van der Waals surface area contributed by atoms with Crippen LogP contribution in [0.1, 0.15) is 25.8 Å². The summed E-state index contributed by atoms with van der Waals surface area (Å²) in [4.78, 5) is 15.3. The summed E-state index contributed by atoms with van der Waals surface area (Å²) >= 11 is 1.31. The molecule has 1 heterocycles. The first kappa shape index (κ1) is 12.5. The first-order chi connectivity index (χ1) is 9.16. The molecule has 0 saturated heterocycles. The fraction of sp³-hybridized carbons (Fsp3) is 0.429. The van der Waals surface area contributed by atoms with Crippen molar-refractivity contribution < 1.29 is 9.90 Å². The lowest BCUT2D eigenvalue weighted by molar-refractivity contribution is -0.133. The smallest absolute Gasteiger partial charge is 0.313 e. The molecule has 0 bridgehead atoms. The number of carbonyl (C=O) groups is 1. The van der Waals surface area contributed by atoms with Crippen molar-refractivity contribution in [3.05, 3.63) is 24.3 Å². The molecular formula is C14H16N2O2S. The third-order valence-electron chi connectivity index (χ3n) is 3.60. The van der Waals surface area contributed by atoms with Gasteiger partial charge in [0.15, 0.2) is 5.16 Å². The second-order valence-corrected chi connectivity index (χ2v) is 5.96. The highest BCUT2D eigenvalue weighted by Crippen LogP contribution is 2.42. The Kier molecular flexibility index (Phi) is 3.22. The molecule has 0 spiro atoms. The largest absolute Gasteiger partial charge is 0.481 e. The van der Waals surface area contributed by atoms with Gasteiger partial charge in [-0.15, -0.1) is 0 Å². The molecular weight excluding hydrogens is 260 g/mol. The fourth-order valence-electron chi connectivity index (χ4n) is 2.43. The van der Waals surface area contributed by atoms with Gasteiger partial charge in [-0.2, -0.15) is 0 Å². The molecule has 1 N–H and O–H groups in total. The molecule has 1 aliphatic rings. The van der Waals surface area contributed by atoms with Gasteiger partial charge in [0.1, 0.15) is 0 Å². The van der Waals surface area contributed by atoms with Crippen LogP contribution in [0, 0.1) is 5.92 Å². The molecule has 0 amide bonds. The zero-order valence-corrected chi connectivity index (χ0v) is 11.6. The van der Waals surface area contributed by atoms with Crippen LogP contribution in [0.5, 0.6) is 0 Å². The predicted molar refractivity (Wildman–Crippen MR) is 75.5 cm³/mol. The van der Waals surface area contributed by atoms with Crippen molar-refractivity contribution in [2.45, 2.75) is 31.0 Å². The van der Waals surface area contributed by atoms with E-state index in [1.165, 1.54) is 24.6 Å². The Morgan fingerprint density at radius 3 is 2.95 bits per heavy atom. The van der Waals surface area contributed by atoms with E-state index in [-0.39, 0.29) is 5.75 Å². The zero-order valence-electron chi connectivity index (χ0n) is 10.7. The molecule has 0 aliphatic heterocycles. The van der Waals surface area contributed by atoms with E-state index in [4.69, 9.17) is 5.11 Å². The highest BCUT2D eigenvalue weighted by atomic mass is 32.2. The Balaban J connectivity index is 2.02. The number of hydrogen-bond acceptors (Lipinski definition) is 3. The van der Waals surface area contributed by atoms with Crippen LogP contribution < -0.4 is 0 Å². The molecule has 3 rings (SSSR count). The number of carboxylic acid groups (broad SMARTS) is 1. The molecule has 1 atom stereocenters. The van der Waals surface area contributed by atoms with Crippen molar-refractivity contribution in [1.29, 1.82) is 0 Å². The summed E-state index contributed by atoms with van der Waals surface area (Å²) in [6.45, 7) is 2.20. The Labute approximate surface area is 115 Å². The highest BCUT2D eigenvalue weighted by molar-refractivity contribution is 7.99. The first-order valence-electron chi connectivity index (χ1n) is 6.48. The number of hydrogen-bond donors (Lipinski definition) is 1. The van der Waals surface area contributed by atoms with Crippen molar-refractivity contribution in [1.82, 2.24) is 9.55 Å². The Morgan fingerprint density at radius 1 is 1.53 bits per heavy atom. The minimum atomic E-state index is -0.803. The van der Waals surface area contributed by atoms with Gasteiger partial charge in [0.05, 0.1) is 16.8 Å². The van der Waals surface area contributed by atoms with Gasteiger partial charge in [0.25, 0.3) is 0 Å². The summed E-state index contributed by atoms with van der Waals surface area (Å²) in [5.74, 6) is -0.0368. The number of para-hydroxylation sites is 2. The first-order valence-corrected chi connectivity index (χ1v) is 7.47. The maximum Gasteiger partial charge on any atom is 0.313 e. The number of aromatic nitrogens is 2. The zero-order chi connectivity index (χ0) is 13.4. The molecule has 1 fully saturated rings. The molecule has 19 heavy (non-hydrogen) atoms. The molecule has 1 unspecified atom stereocenters. The lowest BCUT2D eigenvalue weighted by Crippen LogP contribution is -2.09. The van der Waals surface area contributed by atoms with Gasteiger partial charge in [-0.3, -0.25) is 4.79 Å². The molecule has 1 aromatic carbocycles. The van der Waals surface area contributed by atoms with Gasteiger partial charge >= 0.3 is 5.97 Å². The number of rotatable bonds is 5. The number of nitrogens with zero attached hydrogens (tertiary/aromatic N) is 2. The second kappa shape index (κ2) is 4.89. The van der Waals surface area contributed by atoms with Crippen molar-refractivity contribution in [2.75, 3.05) is 5.75 Å².